The van der Waals surface area contributed by atoms with Gasteiger partial charge in [-0.2, -0.15) is 4.98 Å². The molecule has 2 rings (SSSR count). The van der Waals surface area contributed by atoms with Gasteiger partial charge in [0, 0.05) is 12.5 Å². The lowest BCUT2D eigenvalue weighted by Crippen LogP contribution is -2.14. The highest BCUT2D eigenvalue weighted by Crippen LogP contribution is 2.34. The number of aliphatic hydroxyl groups excluding tert-OH is 1. The number of hydrogen-bond donors (Lipinski definition) is 2. The molecule has 0 saturated heterocycles. The molecule has 1 aromatic rings. The van der Waals surface area contributed by atoms with Crippen molar-refractivity contribution in [1.82, 2.24) is 10.1 Å². The fourth-order valence-electron chi connectivity index (χ4n) is 2.34. The molecule has 3 N–H and O–H groups in total. The minimum absolute atomic E-state index is 0.0415. The van der Waals surface area contributed by atoms with Crippen LogP contribution in [0.1, 0.15) is 62.7 Å². The second-order valence-electron chi connectivity index (χ2n) is 5.07. The molecule has 17 heavy (non-hydrogen) atoms. The Morgan fingerprint density at radius 2 is 2.12 bits per heavy atom. The first kappa shape index (κ1) is 12.5. The van der Waals surface area contributed by atoms with Crippen LogP contribution in [0, 0.1) is 5.92 Å². The highest BCUT2D eigenvalue weighted by atomic mass is 16.5. The monoisotopic (exact) mass is 239 g/mol. The van der Waals surface area contributed by atoms with Gasteiger partial charge < -0.3 is 15.4 Å². The van der Waals surface area contributed by atoms with Crippen LogP contribution in [0.15, 0.2) is 4.52 Å². The Bertz CT molecular complexity index is 345. The SMILES string of the molecule is CC1CCC(c2noc(C(N)CCO)n2)CC1. The Morgan fingerprint density at radius 3 is 2.76 bits per heavy atom. The average Bonchev–Trinajstić information content (AvgIpc) is 2.80. The minimum Gasteiger partial charge on any atom is -0.396 e. The van der Waals surface area contributed by atoms with E-state index in [4.69, 9.17) is 15.4 Å². The normalized spacial score (nSPS) is 27.0. The zero-order chi connectivity index (χ0) is 12.3. The van der Waals surface area contributed by atoms with E-state index in [9.17, 15) is 0 Å². The van der Waals surface area contributed by atoms with Crippen molar-refractivity contribution in [2.24, 2.45) is 11.7 Å². The van der Waals surface area contributed by atoms with Crippen molar-refractivity contribution in [3.05, 3.63) is 11.7 Å². The predicted octanol–water partition coefficient (Wildman–Crippen LogP) is 1.75. The molecule has 0 radical (unpaired) electrons. The minimum atomic E-state index is -0.344. The summed E-state index contributed by atoms with van der Waals surface area (Å²) in [4.78, 5) is 4.36. The first-order chi connectivity index (χ1) is 8.20. The van der Waals surface area contributed by atoms with E-state index in [1.165, 1.54) is 12.8 Å². The summed E-state index contributed by atoms with van der Waals surface area (Å²) in [5, 5.41) is 12.8. The predicted molar refractivity (Wildman–Crippen MR) is 63.3 cm³/mol. The molecular formula is C12H21N3O2. The molecule has 0 aliphatic heterocycles. The van der Waals surface area contributed by atoms with Gasteiger partial charge in [0.25, 0.3) is 0 Å². The molecule has 1 aromatic heterocycles. The van der Waals surface area contributed by atoms with Crippen molar-refractivity contribution in [3.63, 3.8) is 0 Å². The van der Waals surface area contributed by atoms with E-state index in [2.05, 4.69) is 17.1 Å². The largest absolute Gasteiger partial charge is 0.396 e. The van der Waals surface area contributed by atoms with Crippen molar-refractivity contribution in [2.45, 2.75) is 51.0 Å². The van der Waals surface area contributed by atoms with E-state index in [1.54, 1.807) is 0 Å². The van der Waals surface area contributed by atoms with Crippen molar-refractivity contribution >= 4 is 0 Å². The molecule has 96 valence electrons. The molecule has 1 aliphatic rings. The third-order valence-corrected chi connectivity index (χ3v) is 3.60. The van der Waals surface area contributed by atoms with Gasteiger partial charge in [0.2, 0.25) is 5.89 Å². The van der Waals surface area contributed by atoms with Crippen LogP contribution in [0.4, 0.5) is 0 Å². The highest BCUT2D eigenvalue weighted by molar-refractivity contribution is 4.99. The van der Waals surface area contributed by atoms with E-state index < -0.39 is 0 Å². The zero-order valence-corrected chi connectivity index (χ0v) is 10.3. The van der Waals surface area contributed by atoms with Gasteiger partial charge in [0.15, 0.2) is 5.82 Å². The summed E-state index contributed by atoms with van der Waals surface area (Å²) in [6.07, 6.45) is 5.20. The van der Waals surface area contributed by atoms with Crippen LogP contribution in [0.2, 0.25) is 0 Å². The highest BCUT2D eigenvalue weighted by Gasteiger charge is 2.25. The molecule has 1 unspecified atom stereocenters. The summed E-state index contributed by atoms with van der Waals surface area (Å²) in [7, 11) is 0. The molecule has 5 nitrogen and oxygen atoms in total. The first-order valence-electron chi connectivity index (χ1n) is 6.40. The van der Waals surface area contributed by atoms with Crippen molar-refractivity contribution in [2.75, 3.05) is 6.61 Å². The summed E-state index contributed by atoms with van der Waals surface area (Å²) in [6, 6.07) is -0.344. The maximum absolute atomic E-state index is 8.81. The number of nitrogens with zero attached hydrogens (tertiary/aromatic N) is 2. The second-order valence-corrected chi connectivity index (χ2v) is 5.07. The van der Waals surface area contributed by atoms with Gasteiger partial charge >= 0.3 is 0 Å². The summed E-state index contributed by atoms with van der Waals surface area (Å²) >= 11 is 0. The smallest absolute Gasteiger partial charge is 0.243 e. The molecule has 1 heterocycles. The lowest BCUT2D eigenvalue weighted by atomic mass is 9.83. The van der Waals surface area contributed by atoms with Crippen LogP contribution in [0.25, 0.3) is 0 Å². The summed E-state index contributed by atoms with van der Waals surface area (Å²) in [5.74, 6) is 2.48. The molecule has 1 atom stereocenters. The molecule has 1 fully saturated rings. The van der Waals surface area contributed by atoms with Crippen LogP contribution in [-0.4, -0.2) is 21.9 Å². The molecular weight excluding hydrogens is 218 g/mol. The molecule has 0 amide bonds. The molecule has 5 heteroatoms. The first-order valence-corrected chi connectivity index (χ1v) is 6.40. The standard InChI is InChI=1S/C12H21N3O2/c1-8-2-4-9(5-3-8)11-14-12(17-15-11)10(13)6-7-16/h8-10,16H,2-7,13H2,1H3. The summed E-state index contributed by atoms with van der Waals surface area (Å²) in [6.45, 7) is 2.33. The summed E-state index contributed by atoms with van der Waals surface area (Å²) < 4.78 is 5.16. The number of aromatic nitrogens is 2. The fraction of sp³-hybridized carbons (Fsp3) is 0.833. The summed E-state index contributed by atoms with van der Waals surface area (Å²) in [5.41, 5.74) is 5.81. The molecule has 1 aliphatic carbocycles. The molecule has 0 bridgehead atoms. The van der Waals surface area contributed by atoms with Gasteiger partial charge in [-0.15, -0.1) is 0 Å². The maximum Gasteiger partial charge on any atom is 0.243 e. The molecule has 1 saturated carbocycles. The Morgan fingerprint density at radius 1 is 1.41 bits per heavy atom. The van der Waals surface area contributed by atoms with Gasteiger partial charge in [-0.1, -0.05) is 24.9 Å². The van der Waals surface area contributed by atoms with E-state index >= 15 is 0 Å². The van der Waals surface area contributed by atoms with Crippen molar-refractivity contribution < 1.29 is 9.63 Å². The maximum atomic E-state index is 8.81. The average molecular weight is 239 g/mol. The molecule has 0 spiro atoms. The van der Waals surface area contributed by atoms with Crippen LogP contribution >= 0.6 is 0 Å². The van der Waals surface area contributed by atoms with Gasteiger partial charge in [-0.3, -0.25) is 0 Å². The molecule has 0 aromatic carbocycles. The zero-order valence-electron chi connectivity index (χ0n) is 10.3. The van der Waals surface area contributed by atoms with Gasteiger partial charge in [-0.05, 0) is 25.2 Å². The third-order valence-electron chi connectivity index (χ3n) is 3.60. The van der Waals surface area contributed by atoms with Crippen LogP contribution in [0.3, 0.4) is 0 Å². The number of aliphatic hydroxyl groups is 1. The van der Waals surface area contributed by atoms with Crippen molar-refractivity contribution in [3.8, 4) is 0 Å². The van der Waals surface area contributed by atoms with E-state index in [0.717, 1.165) is 24.6 Å². The lowest BCUT2D eigenvalue weighted by Gasteiger charge is -2.23. The van der Waals surface area contributed by atoms with Crippen LogP contribution < -0.4 is 5.73 Å². The quantitative estimate of drug-likeness (QED) is 0.836. The Kier molecular flexibility index (Phi) is 4.12. The topological polar surface area (TPSA) is 85.2 Å². The second kappa shape index (κ2) is 5.60. The number of rotatable bonds is 4. The third kappa shape index (κ3) is 3.04. The Balaban J connectivity index is 1.98. The van der Waals surface area contributed by atoms with Gasteiger partial charge in [-0.25, -0.2) is 0 Å². The fourth-order valence-corrected chi connectivity index (χ4v) is 2.34. The number of hydrogen-bond acceptors (Lipinski definition) is 5. The van der Waals surface area contributed by atoms with Crippen LogP contribution in [0.5, 0.6) is 0 Å². The Hall–Kier alpha value is -0.940. The lowest BCUT2D eigenvalue weighted by molar-refractivity contribution is 0.258. The van der Waals surface area contributed by atoms with Crippen LogP contribution in [-0.2, 0) is 0 Å². The van der Waals surface area contributed by atoms with E-state index in [0.29, 0.717) is 18.2 Å². The Labute approximate surface area is 101 Å². The van der Waals surface area contributed by atoms with Crippen molar-refractivity contribution in [1.29, 1.82) is 0 Å². The van der Waals surface area contributed by atoms with E-state index in [1.807, 2.05) is 0 Å². The van der Waals surface area contributed by atoms with Gasteiger partial charge in [0.05, 0.1) is 6.04 Å². The van der Waals surface area contributed by atoms with Gasteiger partial charge in [0.1, 0.15) is 0 Å². The van der Waals surface area contributed by atoms with E-state index in [-0.39, 0.29) is 12.6 Å². The number of nitrogens with two attached hydrogens (primary N) is 1.